The van der Waals surface area contributed by atoms with Gasteiger partial charge < -0.3 is 15.2 Å². The zero-order chi connectivity index (χ0) is 20.1. The number of allylic oxidation sites excluding steroid dienone is 3. The highest BCUT2D eigenvalue weighted by Gasteiger charge is 2.43. The Morgan fingerprint density at radius 3 is 2.57 bits per heavy atom. The molecule has 4 rings (SSSR count). The Bertz CT molecular complexity index is 1100. The highest BCUT2D eigenvalue weighted by molar-refractivity contribution is 6.02. The molecule has 0 saturated heterocycles. The molecule has 1 atom stereocenters. The van der Waals surface area contributed by atoms with Crippen LogP contribution >= 0.6 is 0 Å². The van der Waals surface area contributed by atoms with Crippen LogP contribution in [0.3, 0.4) is 0 Å². The minimum absolute atomic E-state index is 0.0106. The highest BCUT2D eigenvalue weighted by atomic mass is 16.5. The number of carbonyl (C=O) groups excluding carboxylic acids is 1. The lowest BCUT2D eigenvalue weighted by atomic mass is 9.70. The van der Waals surface area contributed by atoms with E-state index in [4.69, 9.17) is 15.2 Å². The van der Waals surface area contributed by atoms with Crippen molar-refractivity contribution in [3.63, 3.8) is 0 Å². The number of ether oxygens (including phenoxy) is 2. The number of ketones is 1. The third-order valence-electron chi connectivity index (χ3n) is 5.52. The van der Waals surface area contributed by atoms with Crippen molar-refractivity contribution in [2.75, 3.05) is 7.11 Å². The molecular formula is C23H22N2O3. The van der Waals surface area contributed by atoms with Crippen LogP contribution in [0.1, 0.15) is 38.2 Å². The standard InChI is InChI=1S/C23H22N2O3/c1-23(2)10-17(26)21-19(11-23)28-22(25)16(12-24)20(21)15-8-9-18(27-3)14-7-5-4-6-13(14)15/h4-9,20H,10-11,25H2,1-3H3. The Morgan fingerprint density at radius 2 is 1.89 bits per heavy atom. The number of nitriles is 1. The number of rotatable bonds is 2. The van der Waals surface area contributed by atoms with Gasteiger partial charge in [-0.2, -0.15) is 5.26 Å². The van der Waals surface area contributed by atoms with E-state index in [1.165, 1.54) is 0 Å². The van der Waals surface area contributed by atoms with Gasteiger partial charge in [-0.3, -0.25) is 4.79 Å². The number of methoxy groups -OCH3 is 1. The number of hydrogen-bond acceptors (Lipinski definition) is 5. The van der Waals surface area contributed by atoms with Gasteiger partial charge in [0.05, 0.1) is 13.0 Å². The summed E-state index contributed by atoms with van der Waals surface area (Å²) in [6.07, 6.45) is 1.02. The Balaban J connectivity index is 2.00. The maximum atomic E-state index is 13.1. The molecule has 0 saturated carbocycles. The van der Waals surface area contributed by atoms with Crippen LogP contribution < -0.4 is 10.5 Å². The Kier molecular flexibility index (Phi) is 4.15. The van der Waals surface area contributed by atoms with Gasteiger partial charge in [0, 0.05) is 23.8 Å². The molecule has 1 heterocycles. The number of carbonyl (C=O) groups is 1. The first-order valence-electron chi connectivity index (χ1n) is 9.26. The maximum absolute atomic E-state index is 13.1. The van der Waals surface area contributed by atoms with Crippen LogP contribution in [0, 0.1) is 16.7 Å². The normalized spacial score (nSPS) is 21.2. The van der Waals surface area contributed by atoms with Crippen molar-refractivity contribution < 1.29 is 14.3 Å². The van der Waals surface area contributed by atoms with Gasteiger partial charge in [-0.25, -0.2) is 0 Å². The van der Waals surface area contributed by atoms with E-state index < -0.39 is 5.92 Å². The predicted octanol–water partition coefficient (Wildman–Crippen LogP) is 4.30. The molecule has 1 aliphatic carbocycles. The first-order valence-corrected chi connectivity index (χ1v) is 9.26. The largest absolute Gasteiger partial charge is 0.496 e. The van der Waals surface area contributed by atoms with Crippen molar-refractivity contribution >= 4 is 16.6 Å². The van der Waals surface area contributed by atoms with Crippen molar-refractivity contribution in [3.8, 4) is 11.8 Å². The fourth-order valence-electron chi connectivity index (χ4n) is 4.32. The van der Waals surface area contributed by atoms with Crippen LogP contribution in [0.4, 0.5) is 0 Å². The number of hydrogen-bond donors (Lipinski definition) is 1. The molecule has 28 heavy (non-hydrogen) atoms. The van der Waals surface area contributed by atoms with Gasteiger partial charge in [0.15, 0.2) is 5.78 Å². The van der Waals surface area contributed by atoms with Crippen molar-refractivity contribution in [1.29, 1.82) is 5.26 Å². The topological polar surface area (TPSA) is 85.3 Å². The number of Topliss-reactive ketones (excluding diaryl/α,β-unsaturated/α-hetero) is 1. The summed E-state index contributed by atoms with van der Waals surface area (Å²) < 4.78 is 11.3. The van der Waals surface area contributed by atoms with Crippen LogP contribution in [0.25, 0.3) is 10.8 Å². The van der Waals surface area contributed by atoms with Gasteiger partial charge in [0.25, 0.3) is 0 Å². The molecule has 5 nitrogen and oxygen atoms in total. The van der Waals surface area contributed by atoms with E-state index in [1.54, 1.807) is 7.11 Å². The summed E-state index contributed by atoms with van der Waals surface area (Å²) in [4.78, 5) is 13.1. The number of nitrogens with zero attached hydrogens (tertiary/aromatic N) is 1. The molecule has 0 amide bonds. The molecule has 2 aromatic rings. The van der Waals surface area contributed by atoms with Crippen molar-refractivity contribution in [1.82, 2.24) is 0 Å². The van der Waals surface area contributed by atoms with Crippen LogP contribution in [0.2, 0.25) is 0 Å². The fourth-order valence-corrected chi connectivity index (χ4v) is 4.32. The van der Waals surface area contributed by atoms with Gasteiger partial charge >= 0.3 is 0 Å². The summed E-state index contributed by atoms with van der Waals surface area (Å²) in [5.74, 6) is 0.885. The van der Waals surface area contributed by atoms with Gasteiger partial charge in [0.2, 0.25) is 5.88 Å². The van der Waals surface area contributed by atoms with E-state index >= 15 is 0 Å². The van der Waals surface area contributed by atoms with Crippen molar-refractivity contribution in [2.24, 2.45) is 11.1 Å². The second-order valence-electron chi connectivity index (χ2n) is 8.11. The van der Waals surface area contributed by atoms with Crippen molar-refractivity contribution in [2.45, 2.75) is 32.6 Å². The number of nitrogens with two attached hydrogens (primary N) is 1. The van der Waals surface area contributed by atoms with E-state index in [9.17, 15) is 10.1 Å². The molecule has 2 aromatic carbocycles. The van der Waals surface area contributed by atoms with Crippen LogP contribution in [-0.4, -0.2) is 12.9 Å². The zero-order valence-corrected chi connectivity index (χ0v) is 16.2. The van der Waals surface area contributed by atoms with Crippen LogP contribution in [-0.2, 0) is 9.53 Å². The zero-order valence-electron chi connectivity index (χ0n) is 16.2. The van der Waals surface area contributed by atoms with Gasteiger partial charge in [0.1, 0.15) is 23.2 Å². The first-order chi connectivity index (χ1) is 13.4. The SMILES string of the molecule is COc1ccc(C2C(C#N)=C(N)OC3=C2C(=O)CC(C)(C)C3)c2ccccc12. The molecule has 0 bridgehead atoms. The Hall–Kier alpha value is -3.26. The Morgan fingerprint density at radius 1 is 1.18 bits per heavy atom. The third kappa shape index (κ3) is 2.73. The average Bonchev–Trinajstić information content (AvgIpc) is 2.65. The lowest BCUT2D eigenvalue weighted by Gasteiger charge is -2.37. The molecule has 0 fully saturated rings. The molecule has 2 aliphatic rings. The lowest BCUT2D eigenvalue weighted by molar-refractivity contribution is -0.119. The average molecular weight is 374 g/mol. The minimum atomic E-state index is -0.534. The number of fused-ring (bicyclic) bond motifs is 1. The van der Waals surface area contributed by atoms with E-state index in [2.05, 4.69) is 6.07 Å². The second kappa shape index (κ2) is 6.42. The molecule has 0 spiro atoms. The van der Waals surface area contributed by atoms with Gasteiger partial charge in [-0.15, -0.1) is 0 Å². The predicted molar refractivity (Wildman–Crippen MR) is 106 cm³/mol. The summed E-state index contributed by atoms with van der Waals surface area (Å²) >= 11 is 0. The summed E-state index contributed by atoms with van der Waals surface area (Å²) in [5, 5.41) is 11.7. The van der Waals surface area contributed by atoms with Crippen LogP contribution in [0.15, 0.2) is 59.2 Å². The summed E-state index contributed by atoms with van der Waals surface area (Å²) in [5.41, 5.74) is 7.62. The summed E-state index contributed by atoms with van der Waals surface area (Å²) in [6, 6.07) is 13.8. The Labute approximate surface area is 164 Å². The lowest BCUT2D eigenvalue weighted by Crippen LogP contribution is -2.33. The van der Waals surface area contributed by atoms with E-state index in [-0.39, 0.29) is 22.7 Å². The highest BCUT2D eigenvalue weighted by Crippen LogP contribution is 2.49. The minimum Gasteiger partial charge on any atom is -0.496 e. The summed E-state index contributed by atoms with van der Waals surface area (Å²) in [6.45, 7) is 4.07. The van der Waals surface area contributed by atoms with E-state index in [0.717, 1.165) is 22.1 Å². The molecule has 142 valence electrons. The van der Waals surface area contributed by atoms with E-state index in [0.29, 0.717) is 24.2 Å². The van der Waals surface area contributed by atoms with Gasteiger partial charge in [-0.05, 0) is 22.4 Å². The maximum Gasteiger partial charge on any atom is 0.205 e. The van der Waals surface area contributed by atoms with Gasteiger partial charge in [-0.1, -0.05) is 44.2 Å². The molecule has 0 aromatic heterocycles. The quantitative estimate of drug-likeness (QED) is 0.847. The fraction of sp³-hybridized carbons (Fsp3) is 0.304. The van der Waals surface area contributed by atoms with Crippen LogP contribution in [0.5, 0.6) is 5.75 Å². The molecule has 1 unspecified atom stereocenters. The number of benzene rings is 2. The summed E-state index contributed by atoms with van der Waals surface area (Å²) in [7, 11) is 1.63. The monoisotopic (exact) mass is 374 g/mol. The van der Waals surface area contributed by atoms with Crippen molar-refractivity contribution in [3.05, 3.63) is 64.8 Å². The molecule has 1 aliphatic heterocycles. The molecule has 2 N–H and O–H groups in total. The molecule has 5 heteroatoms. The molecule has 0 radical (unpaired) electrons. The first kappa shape index (κ1) is 18.1. The second-order valence-corrected chi connectivity index (χ2v) is 8.11. The smallest absolute Gasteiger partial charge is 0.205 e. The molecular weight excluding hydrogens is 352 g/mol. The van der Waals surface area contributed by atoms with E-state index in [1.807, 2.05) is 50.2 Å². The third-order valence-corrected chi connectivity index (χ3v) is 5.52.